The lowest BCUT2D eigenvalue weighted by Crippen LogP contribution is -2.45. The summed E-state index contributed by atoms with van der Waals surface area (Å²) < 4.78 is 10.6. The molecule has 0 spiro atoms. The minimum absolute atomic E-state index is 0.215. The predicted octanol–water partition coefficient (Wildman–Crippen LogP) is 1.80. The van der Waals surface area contributed by atoms with E-state index >= 15 is 0 Å². The Morgan fingerprint density at radius 3 is 2.46 bits per heavy atom. The quantitative estimate of drug-likeness (QED) is 0.753. The molecule has 2 N–H and O–H groups in total. The van der Waals surface area contributed by atoms with Crippen LogP contribution in [0.2, 0.25) is 0 Å². The van der Waals surface area contributed by atoms with Crippen LogP contribution in [0.15, 0.2) is 18.2 Å². The predicted molar refractivity (Wildman–Crippen MR) is 104 cm³/mol. The Balaban J connectivity index is 1.15. The molecule has 2 heterocycles. The minimum Gasteiger partial charge on any atom is -0.454 e. The largest absolute Gasteiger partial charge is 0.454 e. The average molecular weight is 387 g/mol. The molecule has 0 bridgehead atoms. The van der Waals surface area contributed by atoms with Crippen molar-refractivity contribution in [3.63, 3.8) is 0 Å². The lowest BCUT2D eigenvalue weighted by molar-refractivity contribution is -0.139. The van der Waals surface area contributed by atoms with E-state index < -0.39 is 11.8 Å². The number of piperidine rings is 1. The minimum atomic E-state index is -0.596. The Morgan fingerprint density at radius 2 is 1.68 bits per heavy atom. The van der Waals surface area contributed by atoms with Gasteiger partial charge in [-0.05, 0) is 62.4 Å². The zero-order chi connectivity index (χ0) is 19.3. The fourth-order valence-electron chi connectivity index (χ4n) is 4.42. The molecule has 4 rings (SSSR count). The van der Waals surface area contributed by atoms with Crippen molar-refractivity contribution in [3.8, 4) is 11.5 Å². The standard InChI is InChI=1S/C21H29N3O4/c25-20(21(26)23-13-16-5-6-18-19(11-16)28-14-27-18)22-12-15-7-9-24(10-8-15)17-3-1-2-4-17/h5-6,11,15,17H,1-4,7-10,12-14H2,(H,22,25)(H,23,26). The van der Waals surface area contributed by atoms with Crippen molar-refractivity contribution >= 4 is 11.8 Å². The number of likely N-dealkylation sites (tertiary alicyclic amines) is 1. The second-order valence-electron chi connectivity index (χ2n) is 8.00. The molecule has 0 unspecified atom stereocenters. The molecule has 1 aromatic rings. The Morgan fingerprint density at radius 1 is 0.964 bits per heavy atom. The van der Waals surface area contributed by atoms with Gasteiger partial charge in [-0.1, -0.05) is 18.9 Å². The van der Waals surface area contributed by atoms with E-state index in [1.807, 2.05) is 18.2 Å². The Kier molecular flexibility index (Phi) is 6.00. The summed E-state index contributed by atoms with van der Waals surface area (Å²) in [6.07, 6.45) is 7.59. The van der Waals surface area contributed by atoms with Crippen LogP contribution in [0.5, 0.6) is 11.5 Å². The highest BCUT2D eigenvalue weighted by atomic mass is 16.7. The van der Waals surface area contributed by atoms with Gasteiger partial charge in [0.05, 0.1) is 0 Å². The number of hydrogen-bond acceptors (Lipinski definition) is 5. The van der Waals surface area contributed by atoms with Gasteiger partial charge in [0.15, 0.2) is 11.5 Å². The van der Waals surface area contributed by atoms with E-state index in [9.17, 15) is 9.59 Å². The van der Waals surface area contributed by atoms with Gasteiger partial charge in [-0.25, -0.2) is 0 Å². The van der Waals surface area contributed by atoms with Crippen molar-refractivity contribution in [1.82, 2.24) is 15.5 Å². The maximum absolute atomic E-state index is 12.1. The number of carbonyl (C=O) groups is 2. The van der Waals surface area contributed by atoms with E-state index in [1.54, 1.807) is 0 Å². The number of amides is 2. The summed E-state index contributed by atoms with van der Waals surface area (Å²) in [7, 11) is 0. The number of benzene rings is 1. The highest BCUT2D eigenvalue weighted by molar-refractivity contribution is 6.35. The van der Waals surface area contributed by atoms with Crippen LogP contribution in [-0.4, -0.2) is 49.2 Å². The second-order valence-corrected chi connectivity index (χ2v) is 8.00. The highest BCUT2D eigenvalue weighted by Crippen LogP contribution is 2.32. The molecule has 7 nitrogen and oxygen atoms in total. The second kappa shape index (κ2) is 8.82. The van der Waals surface area contributed by atoms with Crippen LogP contribution < -0.4 is 20.1 Å². The maximum Gasteiger partial charge on any atom is 0.309 e. The summed E-state index contributed by atoms with van der Waals surface area (Å²) in [6.45, 7) is 3.30. The molecule has 3 aliphatic rings. The molecule has 0 radical (unpaired) electrons. The SMILES string of the molecule is O=C(NCc1ccc2c(c1)OCO2)C(=O)NCC1CCN(C2CCCC2)CC1. The van der Waals surface area contributed by atoms with Crippen molar-refractivity contribution in [2.75, 3.05) is 26.4 Å². The Labute approximate surface area is 165 Å². The van der Waals surface area contributed by atoms with Crippen LogP contribution in [0, 0.1) is 5.92 Å². The molecule has 2 aliphatic heterocycles. The molecule has 7 heteroatoms. The molecular weight excluding hydrogens is 358 g/mol. The van der Waals surface area contributed by atoms with Crippen LogP contribution in [0.25, 0.3) is 0 Å². The summed E-state index contributed by atoms with van der Waals surface area (Å²) in [6, 6.07) is 6.25. The molecule has 0 atom stereocenters. The van der Waals surface area contributed by atoms with E-state index in [0.717, 1.165) is 37.5 Å². The van der Waals surface area contributed by atoms with Gasteiger partial charge in [-0.15, -0.1) is 0 Å². The van der Waals surface area contributed by atoms with E-state index in [2.05, 4.69) is 15.5 Å². The van der Waals surface area contributed by atoms with Crippen molar-refractivity contribution in [2.45, 2.75) is 51.1 Å². The van der Waals surface area contributed by atoms with Gasteiger partial charge in [0.2, 0.25) is 6.79 Å². The number of rotatable bonds is 5. The topological polar surface area (TPSA) is 79.9 Å². The Hall–Kier alpha value is -2.28. The molecule has 1 aliphatic carbocycles. The fourth-order valence-corrected chi connectivity index (χ4v) is 4.42. The first-order valence-electron chi connectivity index (χ1n) is 10.4. The van der Waals surface area contributed by atoms with E-state index in [4.69, 9.17) is 9.47 Å². The lowest BCUT2D eigenvalue weighted by Gasteiger charge is -2.36. The molecule has 2 amide bonds. The molecular formula is C21H29N3O4. The smallest absolute Gasteiger partial charge is 0.309 e. The van der Waals surface area contributed by atoms with Crippen molar-refractivity contribution in [2.24, 2.45) is 5.92 Å². The van der Waals surface area contributed by atoms with Crippen LogP contribution in [0.1, 0.15) is 44.1 Å². The zero-order valence-electron chi connectivity index (χ0n) is 16.2. The van der Waals surface area contributed by atoms with Crippen molar-refractivity contribution < 1.29 is 19.1 Å². The first kappa shape index (κ1) is 19.1. The van der Waals surface area contributed by atoms with Gasteiger partial charge < -0.3 is 25.0 Å². The number of hydrogen-bond donors (Lipinski definition) is 2. The third-order valence-electron chi connectivity index (χ3n) is 6.14. The van der Waals surface area contributed by atoms with Gasteiger partial charge >= 0.3 is 11.8 Å². The first-order chi connectivity index (χ1) is 13.7. The number of nitrogens with zero attached hydrogens (tertiary/aromatic N) is 1. The number of ether oxygens (including phenoxy) is 2. The molecule has 1 saturated carbocycles. The number of nitrogens with one attached hydrogen (secondary N) is 2. The molecule has 2 fully saturated rings. The Bertz CT molecular complexity index is 710. The van der Waals surface area contributed by atoms with Crippen molar-refractivity contribution in [1.29, 1.82) is 0 Å². The lowest BCUT2D eigenvalue weighted by atomic mass is 9.95. The van der Waals surface area contributed by atoms with Crippen LogP contribution >= 0.6 is 0 Å². The van der Waals surface area contributed by atoms with Crippen LogP contribution in [0.4, 0.5) is 0 Å². The van der Waals surface area contributed by atoms with E-state index in [-0.39, 0.29) is 13.3 Å². The third kappa shape index (κ3) is 4.58. The fraction of sp³-hybridized carbons (Fsp3) is 0.619. The van der Waals surface area contributed by atoms with Crippen molar-refractivity contribution in [3.05, 3.63) is 23.8 Å². The monoisotopic (exact) mass is 387 g/mol. The third-order valence-corrected chi connectivity index (χ3v) is 6.14. The van der Waals surface area contributed by atoms with Gasteiger partial charge in [0.25, 0.3) is 0 Å². The summed E-state index contributed by atoms with van der Waals surface area (Å²) >= 11 is 0. The molecule has 28 heavy (non-hydrogen) atoms. The summed E-state index contributed by atoms with van der Waals surface area (Å²) in [5, 5.41) is 5.47. The van der Waals surface area contributed by atoms with Gasteiger partial charge in [0.1, 0.15) is 0 Å². The van der Waals surface area contributed by atoms with Gasteiger partial charge in [0, 0.05) is 19.1 Å². The normalized spacial score (nSPS) is 20.3. The molecule has 0 aromatic heterocycles. The first-order valence-corrected chi connectivity index (χ1v) is 10.4. The van der Waals surface area contributed by atoms with Crippen LogP contribution in [-0.2, 0) is 16.1 Å². The summed E-state index contributed by atoms with van der Waals surface area (Å²) in [4.78, 5) is 26.8. The molecule has 152 valence electrons. The number of fused-ring (bicyclic) bond motifs is 1. The molecule has 1 saturated heterocycles. The molecule has 1 aromatic carbocycles. The number of carbonyl (C=O) groups excluding carboxylic acids is 2. The van der Waals surface area contributed by atoms with Gasteiger partial charge in [-0.3, -0.25) is 9.59 Å². The average Bonchev–Trinajstić information content (AvgIpc) is 3.42. The zero-order valence-corrected chi connectivity index (χ0v) is 16.2. The van der Waals surface area contributed by atoms with Gasteiger partial charge in [-0.2, -0.15) is 0 Å². The van der Waals surface area contributed by atoms with E-state index in [1.165, 1.54) is 25.7 Å². The maximum atomic E-state index is 12.1. The summed E-state index contributed by atoms with van der Waals surface area (Å²) in [5.74, 6) is 0.676. The summed E-state index contributed by atoms with van der Waals surface area (Å²) in [5.41, 5.74) is 0.865. The van der Waals surface area contributed by atoms with Crippen LogP contribution in [0.3, 0.4) is 0 Å². The van der Waals surface area contributed by atoms with E-state index in [0.29, 0.717) is 24.0 Å². The highest BCUT2D eigenvalue weighted by Gasteiger charge is 2.27.